The molecule has 3 amide bonds. The number of ether oxygens (including phenoxy) is 1. The number of benzene rings is 1. The molecule has 4 rings (SSSR count). The summed E-state index contributed by atoms with van der Waals surface area (Å²) in [6, 6.07) is 7.81. The van der Waals surface area contributed by atoms with Crippen molar-refractivity contribution in [2.45, 2.75) is 90.1 Å². The van der Waals surface area contributed by atoms with E-state index in [0.29, 0.717) is 25.1 Å². The fraction of sp³-hybridized carbons (Fsp3) is 0.618. The molecular formula is C34H49N3O5. The van der Waals surface area contributed by atoms with E-state index in [1.54, 1.807) is 26.9 Å². The Morgan fingerprint density at radius 3 is 2.29 bits per heavy atom. The number of rotatable bonds is 11. The number of likely N-dealkylation sites (tertiary alicyclic amines) is 1. The van der Waals surface area contributed by atoms with E-state index in [1.165, 1.54) is 0 Å². The van der Waals surface area contributed by atoms with Crippen LogP contribution in [0.3, 0.4) is 0 Å². The summed E-state index contributed by atoms with van der Waals surface area (Å²) in [5, 5.41) is 10.6. The molecule has 8 nitrogen and oxygen atoms in total. The third-order valence-corrected chi connectivity index (χ3v) is 9.63. The Morgan fingerprint density at radius 1 is 1.14 bits per heavy atom. The van der Waals surface area contributed by atoms with Crippen molar-refractivity contribution in [1.82, 2.24) is 9.80 Å². The maximum atomic E-state index is 14.7. The molecule has 0 radical (unpaired) electrons. The number of fused-ring (bicyclic) bond motifs is 1. The first-order valence-electron chi connectivity index (χ1n) is 15.2. The van der Waals surface area contributed by atoms with Crippen LogP contribution in [-0.2, 0) is 19.1 Å². The molecule has 1 aromatic rings. The van der Waals surface area contributed by atoms with Gasteiger partial charge in [-0.2, -0.15) is 0 Å². The molecule has 1 aromatic carbocycles. The average Bonchev–Trinajstić information content (AvgIpc) is 3.44. The van der Waals surface area contributed by atoms with Crippen molar-refractivity contribution in [3.8, 4) is 0 Å². The quantitative estimate of drug-likeness (QED) is 0.392. The van der Waals surface area contributed by atoms with Crippen molar-refractivity contribution >= 4 is 23.4 Å². The van der Waals surface area contributed by atoms with Gasteiger partial charge in [-0.3, -0.25) is 14.4 Å². The molecule has 1 spiro atoms. The van der Waals surface area contributed by atoms with Crippen molar-refractivity contribution < 1.29 is 24.2 Å². The predicted octanol–water partition coefficient (Wildman–Crippen LogP) is 4.44. The second-order valence-corrected chi connectivity index (χ2v) is 13.9. The van der Waals surface area contributed by atoms with Crippen LogP contribution in [0.2, 0.25) is 0 Å². The first kappa shape index (κ1) is 32.0. The Hall–Kier alpha value is -2.97. The van der Waals surface area contributed by atoms with Crippen molar-refractivity contribution in [2.24, 2.45) is 23.7 Å². The molecule has 3 fully saturated rings. The van der Waals surface area contributed by atoms with Gasteiger partial charge in [0, 0.05) is 24.3 Å². The molecule has 0 aliphatic carbocycles. The molecule has 1 N–H and O–H groups in total. The maximum Gasteiger partial charge on any atom is 0.249 e. The van der Waals surface area contributed by atoms with Gasteiger partial charge in [-0.25, -0.2) is 0 Å². The van der Waals surface area contributed by atoms with Crippen LogP contribution in [0.1, 0.15) is 61.3 Å². The highest BCUT2D eigenvalue weighted by Gasteiger charge is 2.80. The first-order valence-corrected chi connectivity index (χ1v) is 15.2. The molecule has 7 atom stereocenters. The van der Waals surface area contributed by atoms with Crippen LogP contribution in [0.25, 0.3) is 0 Å². The Morgan fingerprint density at radius 2 is 1.76 bits per heavy atom. The SMILES string of the molecule is C=CCN(C(=O)[C@@H]1[C@H]2C(=O)N([C@@H](CO)CC(C)C)C(C(=O)N(CC=C)C(C)(C)C)C23CC(C)[C@@]1(C)O3)c1ccccc1. The minimum absolute atomic E-state index is 0.0905. The van der Waals surface area contributed by atoms with Gasteiger partial charge in [0.15, 0.2) is 0 Å². The number of aliphatic hydroxyl groups excluding tert-OH is 1. The van der Waals surface area contributed by atoms with Gasteiger partial charge in [0.2, 0.25) is 17.7 Å². The molecule has 3 aliphatic heterocycles. The number of carbonyl (C=O) groups is 3. The van der Waals surface area contributed by atoms with Gasteiger partial charge in [-0.15, -0.1) is 13.2 Å². The number of anilines is 1. The zero-order valence-corrected chi connectivity index (χ0v) is 26.4. The minimum Gasteiger partial charge on any atom is -0.394 e. The molecule has 0 saturated carbocycles. The van der Waals surface area contributed by atoms with Crippen LogP contribution in [0.5, 0.6) is 0 Å². The fourth-order valence-electron chi connectivity index (χ4n) is 7.74. The van der Waals surface area contributed by atoms with Gasteiger partial charge in [-0.1, -0.05) is 51.1 Å². The molecular weight excluding hydrogens is 530 g/mol. The fourth-order valence-corrected chi connectivity index (χ4v) is 7.74. The van der Waals surface area contributed by atoms with E-state index in [0.717, 1.165) is 0 Å². The Kier molecular flexibility index (Phi) is 8.83. The van der Waals surface area contributed by atoms with E-state index in [9.17, 15) is 19.5 Å². The lowest BCUT2D eigenvalue weighted by atomic mass is 9.62. The topological polar surface area (TPSA) is 90.4 Å². The highest BCUT2D eigenvalue weighted by atomic mass is 16.5. The zero-order valence-electron chi connectivity index (χ0n) is 26.4. The molecule has 3 aliphatic rings. The first-order chi connectivity index (χ1) is 19.7. The summed E-state index contributed by atoms with van der Waals surface area (Å²) in [5.41, 5.74) is -2.00. The van der Waals surface area contributed by atoms with Gasteiger partial charge in [0.1, 0.15) is 11.6 Å². The second kappa shape index (κ2) is 11.6. The normalized spacial score (nSPS) is 30.8. The highest BCUT2D eigenvalue weighted by Crippen LogP contribution is 2.66. The van der Waals surface area contributed by atoms with Gasteiger partial charge in [0.25, 0.3) is 0 Å². The van der Waals surface area contributed by atoms with Crippen molar-refractivity contribution in [3.05, 3.63) is 55.6 Å². The molecule has 3 saturated heterocycles. The Labute approximate surface area is 251 Å². The number of carbonyl (C=O) groups excluding carboxylic acids is 3. The molecule has 3 unspecified atom stereocenters. The van der Waals surface area contributed by atoms with Crippen molar-refractivity contribution in [1.29, 1.82) is 0 Å². The summed E-state index contributed by atoms with van der Waals surface area (Å²) in [6.45, 7) is 21.9. The number of amides is 3. The predicted molar refractivity (Wildman–Crippen MR) is 165 cm³/mol. The smallest absolute Gasteiger partial charge is 0.249 e. The molecule has 42 heavy (non-hydrogen) atoms. The Balaban J connectivity index is 1.90. The van der Waals surface area contributed by atoms with Crippen LogP contribution in [0.15, 0.2) is 55.6 Å². The second-order valence-electron chi connectivity index (χ2n) is 13.9. The average molecular weight is 580 g/mol. The van der Waals surface area contributed by atoms with Crippen molar-refractivity contribution in [3.63, 3.8) is 0 Å². The van der Waals surface area contributed by atoms with Crippen LogP contribution in [0, 0.1) is 23.7 Å². The summed E-state index contributed by atoms with van der Waals surface area (Å²) < 4.78 is 6.97. The van der Waals surface area contributed by atoms with Crippen LogP contribution in [0.4, 0.5) is 5.69 Å². The lowest BCUT2D eigenvalue weighted by Crippen LogP contribution is -2.62. The number of para-hydroxylation sites is 1. The summed E-state index contributed by atoms with van der Waals surface area (Å²) >= 11 is 0. The van der Waals surface area contributed by atoms with Crippen molar-refractivity contribution in [2.75, 3.05) is 24.6 Å². The number of hydrogen-bond acceptors (Lipinski definition) is 5. The summed E-state index contributed by atoms with van der Waals surface area (Å²) in [6.07, 6.45) is 4.35. The highest BCUT2D eigenvalue weighted by molar-refractivity contribution is 6.03. The summed E-state index contributed by atoms with van der Waals surface area (Å²) in [4.78, 5) is 49.1. The lowest BCUT2D eigenvalue weighted by Gasteiger charge is -2.43. The monoisotopic (exact) mass is 579 g/mol. The molecule has 3 heterocycles. The van der Waals surface area contributed by atoms with E-state index in [4.69, 9.17) is 4.74 Å². The number of hydrogen-bond donors (Lipinski definition) is 1. The third kappa shape index (κ3) is 5.00. The lowest BCUT2D eigenvalue weighted by molar-refractivity contribution is -0.158. The summed E-state index contributed by atoms with van der Waals surface area (Å²) in [5.74, 6) is -2.34. The van der Waals surface area contributed by atoms with Gasteiger partial charge in [-0.05, 0) is 64.5 Å². The van der Waals surface area contributed by atoms with E-state index >= 15 is 0 Å². The maximum absolute atomic E-state index is 14.7. The molecule has 2 bridgehead atoms. The number of nitrogens with zero attached hydrogens (tertiary/aromatic N) is 3. The summed E-state index contributed by atoms with van der Waals surface area (Å²) in [7, 11) is 0. The number of aliphatic hydroxyl groups is 1. The van der Waals surface area contributed by atoms with E-state index in [2.05, 4.69) is 13.2 Å². The van der Waals surface area contributed by atoms with E-state index in [-0.39, 0.29) is 42.7 Å². The standard InChI is InChI=1S/C34H49N3O5/c1-10-17-35(24-15-13-12-14-16-24)29(39)26-27-30(40)37(25(21-38)19-22(3)4)28(31(41)36(18-11-2)32(6,7)8)34(27)20-23(5)33(26,9)42-34/h10-16,22-23,25-28,38H,1-2,17-21H2,3-9H3/t23?,25-,26+,27+,28?,33-,34?/m1/s1. The van der Waals surface area contributed by atoms with Gasteiger partial charge < -0.3 is 24.5 Å². The largest absolute Gasteiger partial charge is 0.394 e. The Bertz CT molecular complexity index is 1210. The van der Waals surface area contributed by atoms with E-state index in [1.807, 2.05) is 78.8 Å². The molecule has 0 aromatic heterocycles. The van der Waals surface area contributed by atoms with Crippen LogP contribution >= 0.6 is 0 Å². The molecule has 230 valence electrons. The van der Waals surface area contributed by atoms with Gasteiger partial charge in [0.05, 0.1) is 30.1 Å². The van der Waals surface area contributed by atoms with E-state index < -0.39 is 40.7 Å². The minimum atomic E-state index is -1.20. The molecule has 8 heteroatoms. The zero-order chi connectivity index (χ0) is 31.2. The van der Waals surface area contributed by atoms with Crippen LogP contribution < -0.4 is 4.90 Å². The van der Waals surface area contributed by atoms with Gasteiger partial charge >= 0.3 is 0 Å². The third-order valence-electron chi connectivity index (χ3n) is 9.63. The van der Waals surface area contributed by atoms with Crippen LogP contribution in [-0.4, -0.2) is 81.1 Å².